The monoisotopic (exact) mass is 210 g/mol. The summed E-state index contributed by atoms with van der Waals surface area (Å²) in [5.74, 6) is -0.538. The number of nitro groups is 1. The number of aromatic amines is 1. The lowest BCUT2D eigenvalue weighted by atomic mass is 10.3. The summed E-state index contributed by atoms with van der Waals surface area (Å²) in [6, 6.07) is 1.43. The molecule has 0 bridgehead atoms. The van der Waals surface area contributed by atoms with Gasteiger partial charge in [0.15, 0.2) is 5.69 Å². The normalized spacial score (nSPS) is 15.0. The third-order valence-electron chi connectivity index (χ3n) is 2.40. The lowest BCUT2D eigenvalue weighted by Gasteiger charge is -2.13. The van der Waals surface area contributed by atoms with Gasteiger partial charge in [-0.2, -0.15) is 0 Å². The molecule has 0 unspecified atom stereocenters. The Morgan fingerprint density at radius 2 is 2.40 bits per heavy atom. The van der Waals surface area contributed by atoms with Gasteiger partial charge >= 0.3 is 5.82 Å². The Bertz CT molecular complexity index is 410. The number of carbonyl (C=O) groups excluding carboxylic acids is 1. The third kappa shape index (κ3) is 1.80. The molecule has 1 amide bonds. The van der Waals surface area contributed by atoms with Crippen molar-refractivity contribution >= 4 is 11.7 Å². The molecule has 1 aromatic rings. The van der Waals surface area contributed by atoms with Crippen molar-refractivity contribution in [3.05, 3.63) is 21.9 Å². The fourth-order valence-electron chi connectivity index (χ4n) is 1.32. The van der Waals surface area contributed by atoms with Crippen LogP contribution in [-0.4, -0.2) is 39.0 Å². The minimum Gasteiger partial charge on any atom is -0.358 e. The molecule has 1 N–H and O–H groups in total. The molecule has 1 aliphatic carbocycles. The highest BCUT2D eigenvalue weighted by molar-refractivity contribution is 5.93. The number of hydrogen-bond donors (Lipinski definition) is 1. The Morgan fingerprint density at radius 1 is 1.73 bits per heavy atom. The molecule has 7 heteroatoms. The van der Waals surface area contributed by atoms with Crippen molar-refractivity contribution in [2.45, 2.75) is 18.9 Å². The number of H-pyrrole nitrogens is 1. The van der Waals surface area contributed by atoms with Crippen LogP contribution in [0.25, 0.3) is 0 Å². The van der Waals surface area contributed by atoms with Gasteiger partial charge in [0.05, 0.1) is 6.07 Å². The van der Waals surface area contributed by atoms with E-state index in [1.54, 1.807) is 11.9 Å². The zero-order valence-corrected chi connectivity index (χ0v) is 8.14. The molecular weight excluding hydrogens is 200 g/mol. The number of carbonyl (C=O) groups is 1. The standard InChI is InChI=1S/C8H10N4O3/c1-11(5-2-3-5)8(13)6-4-7(10-9-6)12(14)15/h4-5H,2-3H2,1H3,(H,9,10). The summed E-state index contributed by atoms with van der Waals surface area (Å²) in [6.07, 6.45) is 1.99. The van der Waals surface area contributed by atoms with Gasteiger partial charge in [0.25, 0.3) is 5.91 Å². The molecule has 0 aromatic carbocycles. The molecule has 1 aromatic heterocycles. The van der Waals surface area contributed by atoms with E-state index in [1.807, 2.05) is 0 Å². The molecule has 0 aliphatic heterocycles. The van der Waals surface area contributed by atoms with Crippen molar-refractivity contribution in [3.8, 4) is 0 Å². The van der Waals surface area contributed by atoms with Crippen LogP contribution >= 0.6 is 0 Å². The Labute approximate surface area is 85.2 Å². The molecule has 0 saturated heterocycles. The van der Waals surface area contributed by atoms with Crippen molar-refractivity contribution in [1.82, 2.24) is 15.1 Å². The number of nitrogens with zero attached hydrogens (tertiary/aromatic N) is 3. The summed E-state index contributed by atoms with van der Waals surface area (Å²) < 4.78 is 0. The van der Waals surface area contributed by atoms with Crippen LogP contribution in [0, 0.1) is 10.1 Å². The number of aromatic nitrogens is 2. The lowest BCUT2D eigenvalue weighted by Crippen LogP contribution is -2.28. The summed E-state index contributed by atoms with van der Waals surface area (Å²) in [6.45, 7) is 0. The number of amides is 1. The SMILES string of the molecule is CN(C(=O)c1cc([N+](=O)[O-])[nH]n1)C1CC1. The first-order valence-electron chi connectivity index (χ1n) is 4.56. The average molecular weight is 210 g/mol. The number of hydrogen-bond acceptors (Lipinski definition) is 4. The first kappa shape index (κ1) is 9.63. The third-order valence-corrected chi connectivity index (χ3v) is 2.40. The molecular formula is C8H10N4O3. The van der Waals surface area contributed by atoms with Gasteiger partial charge in [0.1, 0.15) is 0 Å². The summed E-state index contributed by atoms with van der Waals surface area (Å²) in [7, 11) is 1.68. The van der Waals surface area contributed by atoms with Crippen molar-refractivity contribution in [2.75, 3.05) is 7.05 Å². The maximum atomic E-state index is 11.7. The molecule has 1 heterocycles. The molecule has 7 nitrogen and oxygen atoms in total. The minimum absolute atomic E-state index is 0.0936. The second kappa shape index (κ2) is 3.34. The van der Waals surface area contributed by atoms with Gasteiger partial charge in [-0.1, -0.05) is 5.10 Å². The molecule has 2 rings (SSSR count). The van der Waals surface area contributed by atoms with Crippen molar-refractivity contribution in [2.24, 2.45) is 0 Å². The van der Waals surface area contributed by atoms with E-state index in [1.165, 1.54) is 0 Å². The van der Waals surface area contributed by atoms with Crippen LogP contribution in [0.4, 0.5) is 5.82 Å². The summed E-state index contributed by atoms with van der Waals surface area (Å²) in [5, 5.41) is 16.2. The largest absolute Gasteiger partial charge is 0.358 e. The first-order chi connectivity index (χ1) is 7.09. The predicted octanol–water partition coefficient (Wildman–Crippen LogP) is 0.552. The molecule has 0 atom stereocenters. The van der Waals surface area contributed by atoms with Crippen LogP contribution in [0.5, 0.6) is 0 Å². The van der Waals surface area contributed by atoms with Gasteiger partial charge < -0.3 is 15.0 Å². The van der Waals surface area contributed by atoms with Crippen molar-refractivity contribution in [3.63, 3.8) is 0 Å². The van der Waals surface area contributed by atoms with E-state index in [2.05, 4.69) is 10.2 Å². The zero-order valence-electron chi connectivity index (χ0n) is 8.14. The fraction of sp³-hybridized carbons (Fsp3) is 0.500. The fourth-order valence-corrected chi connectivity index (χ4v) is 1.32. The number of rotatable bonds is 3. The van der Waals surface area contributed by atoms with Crippen molar-refractivity contribution in [1.29, 1.82) is 0 Å². The molecule has 0 radical (unpaired) electrons. The van der Waals surface area contributed by atoms with Gasteiger partial charge in [0.2, 0.25) is 0 Å². The highest BCUT2D eigenvalue weighted by Gasteiger charge is 2.31. The summed E-state index contributed by atoms with van der Waals surface area (Å²) in [5.41, 5.74) is 0.0936. The number of nitrogens with one attached hydrogen (secondary N) is 1. The van der Waals surface area contributed by atoms with Crippen LogP contribution in [0.3, 0.4) is 0 Å². The van der Waals surface area contributed by atoms with Crippen LogP contribution in [0.1, 0.15) is 23.3 Å². The highest BCUT2D eigenvalue weighted by Crippen LogP contribution is 2.26. The Kier molecular flexibility index (Phi) is 2.14. The summed E-state index contributed by atoms with van der Waals surface area (Å²) in [4.78, 5) is 23.0. The quantitative estimate of drug-likeness (QED) is 0.582. The second-order valence-corrected chi connectivity index (χ2v) is 3.54. The molecule has 80 valence electrons. The highest BCUT2D eigenvalue weighted by atomic mass is 16.6. The van der Waals surface area contributed by atoms with E-state index in [-0.39, 0.29) is 23.5 Å². The molecule has 0 spiro atoms. The van der Waals surface area contributed by atoms with Gasteiger partial charge in [-0.3, -0.25) is 4.79 Å². The van der Waals surface area contributed by atoms with Crippen LogP contribution < -0.4 is 0 Å². The zero-order chi connectivity index (χ0) is 11.0. The predicted molar refractivity (Wildman–Crippen MR) is 50.4 cm³/mol. The maximum absolute atomic E-state index is 11.7. The molecule has 1 saturated carbocycles. The molecule has 1 aliphatic rings. The van der Waals surface area contributed by atoms with E-state index in [0.29, 0.717) is 0 Å². The molecule has 15 heavy (non-hydrogen) atoms. The van der Waals surface area contributed by atoms with E-state index >= 15 is 0 Å². The van der Waals surface area contributed by atoms with Gasteiger partial charge in [-0.25, -0.2) is 0 Å². The lowest BCUT2D eigenvalue weighted by molar-refractivity contribution is -0.389. The maximum Gasteiger partial charge on any atom is 0.343 e. The Hall–Kier alpha value is -1.92. The Morgan fingerprint density at radius 3 is 2.87 bits per heavy atom. The van der Waals surface area contributed by atoms with Gasteiger partial charge in [-0.05, 0) is 17.8 Å². The van der Waals surface area contributed by atoms with E-state index < -0.39 is 4.92 Å². The van der Waals surface area contributed by atoms with Gasteiger partial charge in [0, 0.05) is 13.1 Å². The summed E-state index contributed by atoms with van der Waals surface area (Å²) >= 11 is 0. The average Bonchev–Trinajstić information content (AvgIpc) is 2.93. The van der Waals surface area contributed by atoms with Crippen LogP contribution in [0.15, 0.2) is 6.07 Å². The van der Waals surface area contributed by atoms with E-state index in [9.17, 15) is 14.9 Å². The minimum atomic E-state index is -0.610. The Balaban J connectivity index is 2.14. The topological polar surface area (TPSA) is 92.1 Å². The van der Waals surface area contributed by atoms with E-state index in [0.717, 1.165) is 18.9 Å². The first-order valence-corrected chi connectivity index (χ1v) is 4.56. The van der Waals surface area contributed by atoms with E-state index in [4.69, 9.17) is 0 Å². The van der Waals surface area contributed by atoms with Crippen LogP contribution in [-0.2, 0) is 0 Å². The van der Waals surface area contributed by atoms with Crippen molar-refractivity contribution < 1.29 is 9.72 Å². The smallest absolute Gasteiger partial charge is 0.343 e. The van der Waals surface area contributed by atoms with Crippen LogP contribution in [0.2, 0.25) is 0 Å². The van der Waals surface area contributed by atoms with Gasteiger partial charge in [-0.15, -0.1) is 5.10 Å². The second-order valence-electron chi connectivity index (χ2n) is 3.54. The molecule has 1 fully saturated rings.